The van der Waals surface area contributed by atoms with Crippen molar-refractivity contribution in [1.82, 2.24) is 14.9 Å². The monoisotopic (exact) mass is 444 g/mol. The number of benzene rings is 1. The number of pyridine rings is 1. The average molecular weight is 445 g/mol. The third-order valence-electron chi connectivity index (χ3n) is 6.12. The van der Waals surface area contributed by atoms with E-state index >= 15 is 0 Å². The average Bonchev–Trinajstić information content (AvgIpc) is 3.38. The van der Waals surface area contributed by atoms with Crippen LogP contribution < -0.4 is 5.32 Å². The van der Waals surface area contributed by atoms with Gasteiger partial charge in [0, 0.05) is 28.4 Å². The van der Waals surface area contributed by atoms with Gasteiger partial charge in [-0.3, -0.25) is 0 Å². The highest BCUT2D eigenvalue weighted by Crippen LogP contribution is 2.41. The van der Waals surface area contributed by atoms with E-state index in [-0.39, 0.29) is 11.2 Å². The Kier molecular flexibility index (Phi) is 5.16. The van der Waals surface area contributed by atoms with Crippen molar-refractivity contribution in [1.29, 1.82) is 0 Å². The first-order valence-corrected chi connectivity index (χ1v) is 11.9. The maximum atomic E-state index is 14.9. The minimum absolute atomic E-state index is 0.170. The van der Waals surface area contributed by atoms with Gasteiger partial charge in [-0.1, -0.05) is 6.92 Å². The van der Waals surface area contributed by atoms with Crippen LogP contribution in [0.4, 0.5) is 20.2 Å². The van der Waals surface area contributed by atoms with Crippen LogP contribution in [0.3, 0.4) is 0 Å². The summed E-state index contributed by atoms with van der Waals surface area (Å²) in [6, 6.07) is 5.72. The number of anilines is 2. The lowest BCUT2D eigenvalue weighted by atomic mass is 9.89. The number of thiophene rings is 1. The molecule has 0 amide bonds. The number of nitrogens with zero attached hydrogens (tertiary/aromatic N) is 3. The number of likely N-dealkylation sites (N-methyl/N-ethyl adjacent to an activating group) is 1. The highest BCUT2D eigenvalue weighted by molar-refractivity contribution is 7.18. The zero-order chi connectivity index (χ0) is 20.8. The number of nitrogens with one attached hydrogen (secondary N) is 1. The number of fused-ring (bicyclic) bond motifs is 2. The Labute approximate surface area is 181 Å². The van der Waals surface area contributed by atoms with Gasteiger partial charge < -0.3 is 10.2 Å². The number of rotatable bonds is 4. The van der Waals surface area contributed by atoms with E-state index < -0.39 is 11.6 Å². The van der Waals surface area contributed by atoms with E-state index in [0.29, 0.717) is 22.3 Å². The summed E-state index contributed by atoms with van der Waals surface area (Å²) in [5, 5.41) is 3.88. The smallest absolute Gasteiger partial charge is 0.176 e. The lowest BCUT2D eigenvalue weighted by molar-refractivity contribution is 0.148. The molecule has 4 aromatic rings. The van der Waals surface area contributed by atoms with Crippen molar-refractivity contribution in [3.8, 4) is 0 Å². The number of aromatic nitrogens is 2. The molecule has 3 aromatic heterocycles. The largest absolute Gasteiger partial charge is 0.350 e. The van der Waals surface area contributed by atoms with E-state index in [4.69, 9.17) is 0 Å². The van der Waals surface area contributed by atoms with E-state index in [1.807, 2.05) is 0 Å². The Hall–Kier alpha value is -2.16. The van der Waals surface area contributed by atoms with E-state index in [1.165, 1.54) is 34.2 Å². The molecule has 2 unspecified atom stereocenters. The van der Waals surface area contributed by atoms with Crippen molar-refractivity contribution >= 4 is 54.5 Å². The molecule has 0 radical (unpaired) electrons. The summed E-state index contributed by atoms with van der Waals surface area (Å²) >= 11 is 2.90. The van der Waals surface area contributed by atoms with Crippen LogP contribution in [-0.2, 0) is 0 Å². The zero-order valence-corrected chi connectivity index (χ0v) is 18.4. The molecular weight excluding hydrogens is 422 g/mol. The lowest BCUT2D eigenvalue weighted by Gasteiger charge is -2.38. The van der Waals surface area contributed by atoms with Gasteiger partial charge >= 0.3 is 0 Å². The summed E-state index contributed by atoms with van der Waals surface area (Å²) in [5.41, 5.74) is 2.20. The minimum Gasteiger partial charge on any atom is -0.350 e. The molecule has 5 rings (SSSR count). The summed E-state index contributed by atoms with van der Waals surface area (Å²) in [7, 11) is 0. The fourth-order valence-corrected chi connectivity index (χ4v) is 6.43. The van der Waals surface area contributed by atoms with Crippen LogP contribution in [0.5, 0.6) is 0 Å². The van der Waals surface area contributed by atoms with Crippen LogP contribution in [0, 0.1) is 11.6 Å². The maximum absolute atomic E-state index is 14.9. The number of thiazole rings is 1. The van der Waals surface area contributed by atoms with Crippen molar-refractivity contribution < 1.29 is 8.78 Å². The SMILES string of the molecule is CCN1CCCC(c2cc3c(Nc4c(F)cc5scnc5c4F)ccnc3s2)C1C. The molecule has 0 spiro atoms. The lowest BCUT2D eigenvalue weighted by Crippen LogP contribution is -2.41. The topological polar surface area (TPSA) is 41.0 Å². The molecule has 30 heavy (non-hydrogen) atoms. The fourth-order valence-electron chi connectivity index (χ4n) is 4.47. The van der Waals surface area contributed by atoms with Gasteiger partial charge in [0.05, 0.1) is 15.9 Å². The molecule has 2 atom stereocenters. The molecule has 1 N–H and O–H groups in total. The first-order chi connectivity index (χ1) is 14.6. The molecule has 0 bridgehead atoms. The number of hydrogen-bond donors (Lipinski definition) is 1. The van der Waals surface area contributed by atoms with Gasteiger partial charge in [0.1, 0.15) is 16.0 Å². The van der Waals surface area contributed by atoms with Gasteiger partial charge in [-0.05, 0) is 51.1 Å². The van der Waals surface area contributed by atoms with Gasteiger partial charge in [0.2, 0.25) is 0 Å². The standard InChI is InChI=1S/C22H22F2N4S2/c1-3-28-8-4-5-13(12(28)2)17-9-14-16(6-7-25-22(14)30-17)27-20-15(23)10-18-21(19(20)24)26-11-29-18/h6-7,9-13H,3-5,8H2,1-2H3,(H,25,27). The first kappa shape index (κ1) is 19.8. The van der Waals surface area contributed by atoms with Gasteiger partial charge in [0.25, 0.3) is 0 Å². The van der Waals surface area contributed by atoms with E-state index in [0.717, 1.165) is 29.7 Å². The van der Waals surface area contributed by atoms with Crippen molar-refractivity contribution in [2.45, 2.75) is 38.6 Å². The predicted octanol–water partition coefficient (Wildman–Crippen LogP) is 6.52. The molecule has 156 valence electrons. The molecule has 8 heteroatoms. The first-order valence-electron chi connectivity index (χ1n) is 10.2. The Bertz CT molecular complexity index is 1220. The molecule has 1 aromatic carbocycles. The van der Waals surface area contributed by atoms with Gasteiger partial charge in [-0.25, -0.2) is 18.7 Å². The summed E-state index contributed by atoms with van der Waals surface area (Å²) < 4.78 is 30.0. The zero-order valence-electron chi connectivity index (χ0n) is 16.8. The van der Waals surface area contributed by atoms with E-state index in [1.54, 1.807) is 23.6 Å². The molecule has 4 heterocycles. The highest BCUT2D eigenvalue weighted by Gasteiger charge is 2.29. The molecule has 1 aliphatic heterocycles. The van der Waals surface area contributed by atoms with Crippen molar-refractivity contribution in [2.24, 2.45) is 0 Å². The van der Waals surface area contributed by atoms with Crippen LogP contribution in [-0.4, -0.2) is 34.0 Å². The third-order valence-corrected chi connectivity index (χ3v) is 8.07. The van der Waals surface area contributed by atoms with Gasteiger partial charge in [0.15, 0.2) is 11.6 Å². The second kappa shape index (κ2) is 7.83. The number of halogens is 2. The highest BCUT2D eigenvalue weighted by atomic mass is 32.1. The van der Waals surface area contributed by atoms with Crippen LogP contribution in [0.15, 0.2) is 29.9 Å². The minimum atomic E-state index is -0.661. The second-order valence-electron chi connectivity index (χ2n) is 7.72. The number of piperidine rings is 1. The number of likely N-dealkylation sites (tertiary alicyclic amines) is 1. The van der Waals surface area contributed by atoms with Crippen LogP contribution in [0.25, 0.3) is 20.4 Å². The van der Waals surface area contributed by atoms with Crippen LogP contribution >= 0.6 is 22.7 Å². The Morgan fingerprint density at radius 3 is 2.97 bits per heavy atom. The summed E-state index contributed by atoms with van der Waals surface area (Å²) in [5.74, 6) is -0.833. The van der Waals surface area contributed by atoms with Gasteiger partial charge in [-0.2, -0.15) is 0 Å². The van der Waals surface area contributed by atoms with Crippen LogP contribution in [0.1, 0.15) is 37.5 Å². The van der Waals surface area contributed by atoms with E-state index in [2.05, 4.69) is 40.1 Å². The molecule has 0 saturated carbocycles. The number of hydrogen-bond acceptors (Lipinski definition) is 6. The Morgan fingerprint density at radius 2 is 2.13 bits per heavy atom. The second-order valence-corrected chi connectivity index (χ2v) is 9.66. The molecule has 4 nitrogen and oxygen atoms in total. The predicted molar refractivity (Wildman–Crippen MR) is 121 cm³/mol. The summed E-state index contributed by atoms with van der Waals surface area (Å²) in [4.78, 5) is 13.2. The van der Waals surface area contributed by atoms with Crippen molar-refractivity contribution in [3.05, 3.63) is 46.4 Å². The Balaban J connectivity index is 1.54. The van der Waals surface area contributed by atoms with Crippen LogP contribution in [0.2, 0.25) is 0 Å². The summed E-state index contributed by atoms with van der Waals surface area (Å²) in [6.45, 7) is 6.68. The molecule has 1 fully saturated rings. The molecular formula is C22H22F2N4S2. The summed E-state index contributed by atoms with van der Waals surface area (Å²) in [6.07, 6.45) is 4.02. The fraction of sp³-hybridized carbons (Fsp3) is 0.364. The van der Waals surface area contributed by atoms with Gasteiger partial charge in [-0.15, -0.1) is 22.7 Å². The maximum Gasteiger partial charge on any atom is 0.176 e. The third kappa shape index (κ3) is 3.27. The molecule has 0 aliphatic carbocycles. The van der Waals surface area contributed by atoms with Crippen molar-refractivity contribution in [3.63, 3.8) is 0 Å². The quantitative estimate of drug-likeness (QED) is 0.389. The van der Waals surface area contributed by atoms with Crippen molar-refractivity contribution in [2.75, 3.05) is 18.4 Å². The van der Waals surface area contributed by atoms with E-state index in [9.17, 15) is 8.78 Å². The normalized spacial score (nSPS) is 20.3. The Morgan fingerprint density at radius 1 is 1.27 bits per heavy atom. The molecule has 1 saturated heterocycles. The molecule has 1 aliphatic rings.